The van der Waals surface area contributed by atoms with Gasteiger partial charge in [0.15, 0.2) is 5.78 Å². The predicted octanol–water partition coefficient (Wildman–Crippen LogP) is 0.711. The molecule has 2 atom stereocenters. The molecule has 1 heterocycles. The fraction of sp³-hybridized carbons (Fsp3) is 0.500. The number of ether oxygens (including phenoxy) is 1. The SMILES string of the molecule is COC(=O)C(=CN(C)C)C(=O)C1CC1c1cnn(C)c1. The van der Waals surface area contributed by atoms with Crippen LogP contribution in [0.25, 0.3) is 0 Å². The molecule has 0 amide bonds. The lowest BCUT2D eigenvalue weighted by atomic mass is 10.1. The van der Waals surface area contributed by atoms with Gasteiger partial charge < -0.3 is 9.64 Å². The normalized spacial score (nSPS) is 21.5. The highest BCUT2D eigenvalue weighted by molar-refractivity contribution is 6.19. The van der Waals surface area contributed by atoms with E-state index in [2.05, 4.69) is 9.84 Å². The van der Waals surface area contributed by atoms with Gasteiger partial charge in [0.05, 0.1) is 13.3 Å². The number of esters is 1. The maximum absolute atomic E-state index is 12.4. The number of methoxy groups -OCH3 is 1. The Bertz CT molecular complexity index is 560. The largest absolute Gasteiger partial charge is 0.465 e. The molecule has 0 spiro atoms. The summed E-state index contributed by atoms with van der Waals surface area (Å²) in [7, 11) is 6.66. The molecule has 0 N–H and O–H groups in total. The third-order valence-corrected chi connectivity index (χ3v) is 3.34. The molecule has 0 aliphatic heterocycles. The molecule has 1 saturated carbocycles. The molecule has 20 heavy (non-hydrogen) atoms. The van der Waals surface area contributed by atoms with E-state index in [-0.39, 0.29) is 23.2 Å². The number of Topliss-reactive ketones (excluding diaryl/α,β-unsaturated/α-hetero) is 1. The second kappa shape index (κ2) is 5.48. The molecule has 1 aromatic heterocycles. The first kappa shape index (κ1) is 14.3. The Labute approximate surface area is 118 Å². The lowest BCUT2D eigenvalue weighted by Crippen LogP contribution is -2.19. The number of nitrogens with zero attached hydrogens (tertiary/aromatic N) is 3. The van der Waals surface area contributed by atoms with Crippen LogP contribution in [0, 0.1) is 5.92 Å². The van der Waals surface area contributed by atoms with E-state index in [0.717, 1.165) is 12.0 Å². The molecule has 1 fully saturated rings. The summed E-state index contributed by atoms with van der Waals surface area (Å²) in [6.45, 7) is 0. The number of aryl methyl sites for hydroxylation is 1. The standard InChI is InChI=1S/C14H19N3O3/c1-16(2)8-12(14(19)20-4)13(18)11-5-10(11)9-6-15-17(3)7-9/h6-8,10-11H,5H2,1-4H3. The van der Waals surface area contributed by atoms with Crippen molar-refractivity contribution in [2.45, 2.75) is 12.3 Å². The van der Waals surface area contributed by atoms with Crippen molar-refractivity contribution in [2.75, 3.05) is 21.2 Å². The smallest absolute Gasteiger partial charge is 0.342 e. The van der Waals surface area contributed by atoms with Crippen molar-refractivity contribution in [3.05, 3.63) is 29.7 Å². The average molecular weight is 277 g/mol. The molecule has 0 aromatic carbocycles. The molecule has 1 aliphatic rings. The molecule has 2 unspecified atom stereocenters. The molecule has 1 aliphatic carbocycles. The molecule has 0 saturated heterocycles. The molecule has 108 valence electrons. The molecular formula is C14H19N3O3. The van der Waals surface area contributed by atoms with Crippen LogP contribution in [-0.4, -0.2) is 47.6 Å². The van der Waals surface area contributed by atoms with E-state index in [1.165, 1.54) is 13.3 Å². The fourth-order valence-corrected chi connectivity index (χ4v) is 2.27. The number of carbonyl (C=O) groups is 2. The van der Waals surface area contributed by atoms with Crippen LogP contribution >= 0.6 is 0 Å². The molecule has 1 aromatic rings. The van der Waals surface area contributed by atoms with Crippen LogP contribution in [-0.2, 0) is 21.4 Å². The van der Waals surface area contributed by atoms with Crippen molar-refractivity contribution in [2.24, 2.45) is 13.0 Å². The summed E-state index contributed by atoms with van der Waals surface area (Å²) in [6.07, 6.45) is 5.95. The van der Waals surface area contributed by atoms with Gasteiger partial charge in [0.2, 0.25) is 0 Å². The molecule has 2 rings (SSSR count). The van der Waals surface area contributed by atoms with Gasteiger partial charge in [-0.15, -0.1) is 0 Å². The summed E-state index contributed by atoms with van der Waals surface area (Å²) in [4.78, 5) is 25.8. The van der Waals surface area contributed by atoms with E-state index in [1.807, 2.05) is 13.2 Å². The Morgan fingerprint density at radius 3 is 2.70 bits per heavy atom. The Hall–Kier alpha value is -2.11. The summed E-state index contributed by atoms with van der Waals surface area (Å²) in [6, 6.07) is 0. The highest BCUT2D eigenvalue weighted by Crippen LogP contribution is 2.49. The lowest BCUT2D eigenvalue weighted by molar-refractivity contribution is -0.138. The molecule has 0 bridgehead atoms. The first-order valence-corrected chi connectivity index (χ1v) is 6.43. The zero-order valence-electron chi connectivity index (χ0n) is 12.2. The number of ketones is 1. The van der Waals surface area contributed by atoms with Crippen LogP contribution in [0.2, 0.25) is 0 Å². The van der Waals surface area contributed by atoms with Gasteiger partial charge in [-0.3, -0.25) is 9.48 Å². The van der Waals surface area contributed by atoms with Gasteiger partial charge in [0, 0.05) is 39.5 Å². The van der Waals surface area contributed by atoms with Crippen LogP contribution in [0.1, 0.15) is 17.9 Å². The maximum Gasteiger partial charge on any atom is 0.342 e. The average Bonchev–Trinajstić information content (AvgIpc) is 3.09. The minimum absolute atomic E-state index is 0.105. The molecule has 6 nitrogen and oxygen atoms in total. The second-order valence-corrected chi connectivity index (χ2v) is 5.26. The van der Waals surface area contributed by atoms with Crippen LogP contribution < -0.4 is 0 Å². The molecule has 6 heteroatoms. The van der Waals surface area contributed by atoms with Crippen molar-refractivity contribution in [3.63, 3.8) is 0 Å². The van der Waals surface area contributed by atoms with E-state index in [1.54, 1.807) is 29.9 Å². The first-order chi connectivity index (χ1) is 9.43. The van der Waals surface area contributed by atoms with Crippen LogP contribution in [0.3, 0.4) is 0 Å². The highest BCUT2D eigenvalue weighted by atomic mass is 16.5. The monoisotopic (exact) mass is 277 g/mol. The van der Waals surface area contributed by atoms with Crippen LogP contribution in [0.4, 0.5) is 0 Å². The number of aromatic nitrogens is 2. The zero-order chi connectivity index (χ0) is 14.9. The third-order valence-electron chi connectivity index (χ3n) is 3.34. The van der Waals surface area contributed by atoms with E-state index in [4.69, 9.17) is 0 Å². The third kappa shape index (κ3) is 2.89. The summed E-state index contributed by atoms with van der Waals surface area (Å²) < 4.78 is 6.40. The van der Waals surface area contributed by atoms with Crippen molar-refractivity contribution in [1.82, 2.24) is 14.7 Å². The van der Waals surface area contributed by atoms with Gasteiger partial charge in [0.25, 0.3) is 0 Å². The van der Waals surface area contributed by atoms with E-state index >= 15 is 0 Å². The van der Waals surface area contributed by atoms with Crippen LogP contribution in [0.15, 0.2) is 24.2 Å². The Morgan fingerprint density at radius 1 is 1.50 bits per heavy atom. The number of hydrogen-bond acceptors (Lipinski definition) is 5. The summed E-state index contributed by atoms with van der Waals surface area (Å²) in [5.41, 5.74) is 1.15. The Morgan fingerprint density at radius 2 is 2.20 bits per heavy atom. The fourth-order valence-electron chi connectivity index (χ4n) is 2.27. The lowest BCUT2D eigenvalue weighted by Gasteiger charge is -2.09. The Kier molecular flexibility index (Phi) is 3.92. The molecular weight excluding hydrogens is 258 g/mol. The van der Waals surface area contributed by atoms with Crippen molar-refractivity contribution >= 4 is 11.8 Å². The van der Waals surface area contributed by atoms with Gasteiger partial charge in [-0.2, -0.15) is 5.10 Å². The van der Waals surface area contributed by atoms with Gasteiger partial charge in [-0.25, -0.2) is 4.79 Å². The Balaban J connectivity index is 2.13. The number of rotatable bonds is 5. The van der Waals surface area contributed by atoms with Gasteiger partial charge >= 0.3 is 5.97 Å². The topological polar surface area (TPSA) is 64.4 Å². The summed E-state index contributed by atoms with van der Waals surface area (Å²) in [5.74, 6) is -0.726. The van der Waals surface area contributed by atoms with Crippen molar-refractivity contribution in [1.29, 1.82) is 0 Å². The van der Waals surface area contributed by atoms with Gasteiger partial charge in [-0.05, 0) is 17.9 Å². The zero-order valence-corrected chi connectivity index (χ0v) is 12.2. The minimum Gasteiger partial charge on any atom is -0.465 e. The number of hydrogen-bond donors (Lipinski definition) is 0. The van der Waals surface area contributed by atoms with Gasteiger partial charge in [-0.1, -0.05) is 0 Å². The minimum atomic E-state index is -0.583. The van der Waals surface area contributed by atoms with Crippen molar-refractivity contribution in [3.8, 4) is 0 Å². The van der Waals surface area contributed by atoms with Crippen molar-refractivity contribution < 1.29 is 14.3 Å². The number of carbonyl (C=O) groups excluding carboxylic acids is 2. The highest BCUT2D eigenvalue weighted by Gasteiger charge is 2.46. The summed E-state index contributed by atoms with van der Waals surface area (Å²) >= 11 is 0. The maximum atomic E-state index is 12.4. The molecule has 0 radical (unpaired) electrons. The van der Waals surface area contributed by atoms with Crippen LogP contribution in [0.5, 0.6) is 0 Å². The second-order valence-electron chi connectivity index (χ2n) is 5.26. The summed E-state index contributed by atoms with van der Waals surface area (Å²) in [5, 5.41) is 4.11. The van der Waals surface area contributed by atoms with E-state index < -0.39 is 5.97 Å². The van der Waals surface area contributed by atoms with Gasteiger partial charge in [0.1, 0.15) is 5.57 Å². The van der Waals surface area contributed by atoms with E-state index in [0.29, 0.717) is 0 Å². The van der Waals surface area contributed by atoms with E-state index in [9.17, 15) is 9.59 Å². The predicted molar refractivity (Wildman–Crippen MR) is 72.8 cm³/mol. The quantitative estimate of drug-likeness (QED) is 0.343. The first-order valence-electron chi connectivity index (χ1n) is 6.43.